The Morgan fingerprint density at radius 2 is 1.00 bits per heavy atom. The first-order valence-corrected chi connectivity index (χ1v) is 21.3. The van der Waals surface area contributed by atoms with Gasteiger partial charge in [-0.15, -0.1) is 0 Å². The van der Waals surface area contributed by atoms with Crippen molar-refractivity contribution in [1.82, 2.24) is 9.80 Å². The highest BCUT2D eigenvalue weighted by Crippen LogP contribution is 2.47. The number of fused-ring (bicyclic) bond motifs is 3. The summed E-state index contributed by atoms with van der Waals surface area (Å²) in [6.07, 6.45) is 4.46. The summed E-state index contributed by atoms with van der Waals surface area (Å²) >= 11 is 3.33. The van der Waals surface area contributed by atoms with E-state index in [9.17, 15) is 14.7 Å². The summed E-state index contributed by atoms with van der Waals surface area (Å²) in [4.78, 5) is 44.0. The number of rotatable bonds is 4. The lowest BCUT2D eigenvalue weighted by atomic mass is 9.72. The lowest BCUT2D eigenvalue weighted by Crippen LogP contribution is -2.47. The summed E-state index contributed by atoms with van der Waals surface area (Å²) < 4.78 is 44.2. The van der Waals surface area contributed by atoms with Gasteiger partial charge in [-0.2, -0.15) is 9.59 Å². The van der Waals surface area contributed by atoms with Crippen LogP contribution >= 0.6 is 15.9 Å². The van der Waals surface area contributed by atoms with E-state index in [1.165, 1.54) is 6.42 Å². The Hall–Kier alpha value is -5.18. The van der Waals surface area contributed by atoms with E-state index in [2.05, 4.69) is 22.9 Å². The standard InChI is InChI=1S/C25H29NO7.C12H23NO2.C7H5BrO2.CO2.CH4/c1-24(2,3)33-23(27)26-10-8-16(9-11-26)25(28,17-4-6-19-21(12-17)31-14-29-19)18-5-7-20-22(13-18)32-15-30-20;1-5-10-6-8-13(9-7-10)11(14)15-12(2,3)4;8-5-1-2-6-7(3-5)10-4-9-6;2-1-3;/h4-7,12-13,16,28H,8-11,14-15H2,1-3H3;10H,5-9H2,1-4H3;1-3H,4H2;;1H4. The number of halogens is 1. The summed E-state index contributed by atoms with van der Waals surface area (Å²) in [6.45, 7) is 16.9. The molecule has 5 aliphatic heterocycles. The molecule has 62 heavy (non-hydrogen) atoms. The number of ether oxygens (including phenoxy) is 8. The Bertz CT molecular complexity index is 1930. The van der Waals surface area contributed by atoms with Gasteiger partial charge in [-0.05, 0) is 133 Å². The number of carbonyl (C=O) groups excluding carboxylic acids is 4. The van der Waals surface area contributed by atoms with Crippen LogP contribution in [-0.2, 0) is 24.7 Å². The molecule has 0 atom stereocenters. The molecule has 340 valence electrons. The predicted molar refractivity (Wildman–Crippen MR) is 231 cm³/mol. The number of carbonyl (C=O) groups is 2. The molecule has 0 aliphatic carbocycles. The van der Waals surface area contributed by atoms with E-state index < -0.39 is 11.2 Å². The van der Waals surface area contributed by atoms with Crippen molar-refractivity contribution in [2.45, 2.75) is 105 Å². The zero-order valence-corrected chi connectivity index (χ0v) is 37.5. The number of likely N-dealkylation sites (tertiary alicyclic amines) is 2. The number of benzene rings is 3. The first kappa shape index (κ1) is 49.5. The van der Waals surface area contributed by atoms with E-state index in [-0.39, 0.29) is 50.9 Å². The second kappa shape index (κ2) is 21.8. The molecule has 8 rings (SSSR count). The van der Waals surface area contributed by atoms with Crippen LogP contribution in [0.3, 0.4) is 0 Å². The molecular weight excluding hydrogens is 868 g/mol. The second-order valence-corrected chi connectivity index (χ2v) is 18.0. The molecule has 3 aromatic rings. The van der Waals surface area contributed by atoms with Gasteiger partial charge in [0.25, 0.3) is 0 Å². The van der Waals surface area contributed by atoms with Gasteiger partial charge >= 0.3 is 18.3 Å². The van der Waals surface area contributed by atoms with Gasteiger partial charge in [-0.3, -0.25) is 0 Å². The monoisotopic (exact) mass is 928 g/mol. The molecule has 16 heteroatoms. The molecule has 2 amide bonds. The highest BCUT2D eigenvalue weighted by Gasteiger charge is 2.44. The topological polar surface area (TPSA) is 169 Å². The molecule has 5 aliphatic rings. The fraction of sp³-hybridized carbons (Fsp3) is 0.543. The lowest BCUT2D eigenvalue weighted by molar-refractivity contribution is -0.191. The predicted octanol–water partition coefficient (Wildman–Crippen LogP) is 9.30. The van der Waals surface area contributed by atoms with Crippen molar-refractivity contribution < 1.29 is 62.2 Å². The van der Waals surface area contributed by atoms with Crippen LogP contribution in [0.5, 0.6) is 34.5 Å². The quantitative estimate of drug-likeness (QED) is 0.263. The van der Waals surface area contributed by atoms with Crippen LogP contribution in [0, 0.1) is 11.8 Å². The second-order valence-electron chi connectivity index (χ2n) is 17.0. The van der Waals surface area contributed by atoms with Gasteiger partial charge in [0.2, 0.25) is 20.4 Å². The summed E-state index contributed by atoms with van der Waals surface area (Å²) in [7, 11) is 0. The van der Waals surface area contributed by atoms with Gasteiger partial charge in [-0.25, -0.2) is 9.59 Å². The van der Waals surface area contributed by atoms with Crippen LogP contribution in [0.25, 0.3) is 0 Å². The van der Waals surface area contributed by atoms with Crippen LogP contribution in [0.4, 0.5) is 9.59 Å². The number of aliphatic hydroxyl groups is 1. The molecule has 5 heterocycles. The molecular formula is C46H61BrN2O13. The van der Waals surface area contributed by atoms with E-state index in [0.29, 0.717) is 66.8 Å². The minimum absolute atomic E-state index is 0. The average Bonchev–Trinajstić information content (AvgIpc) is 4.01. The SMILES string of the molecule is Brc1ccc2c(c1)OCO2.C.CC(C)(C)OC(=O)N1CCC(C(O)(c2ccc3c(c2)OCO3)c2ccc3c(c2)OCO3)CC1.CCC1CCN(C(=O)OC(C)(C)C)CC1.O=C=O. The fourth-order valence-electron chi connectivity index (χ4n) is 7.43. The molecule has 2 saturated heterocycles. The largest absolute Gasteiger partial charge is 0.454 e. The summed E-state index contributed by atoms with van der Waals surface area (Å²) in [5.74, 6) is 4.83. The van der Waals surface area contributed by atoms with Gasteiger partial charge in [0, 0.05) is 30.7 Å². The molecule has 0 radical (unpaired) electrons. The van der Waals surface area contributed by atoms with Gasteiger partial charge in [0.05, 0.1) is 0 Å². The van der Waals surface area contributed by atoms with Crippen LogP contribution < -0.4 is 28.4 Å². The van der Waals surface area contributed by atoms with E-state index in [1.807, 2.05) is 101 Å². The molecule has 0 spiro atoms. The van der Waals surface area contributed by atoms with Crippen molar-refractivity contribution in [3.63, 3.8) is 0 Å². The van der Waals surface area contributed by atoms with Crippen molar-refractivity contribution in [3.8, 4) is 34.5 Å². The van der Waals surface area contributed by atoms with Crippen molar-refractivity contribution in [2.75, 3.05) is 46.6 Å². The zero-order chi connectivity index (χ0) is 44.4. The molecule has 0 bridgehead atoms. The number of hydrogen-bond donors (Lipinski definition) is 1. The third-order valence-corrected chi connectivity index (χ3v) is 11.0. The molecule has 3 aromatic carbocycles. The maximum Gasteiger partial charge on any atom is 0.410 e. The highest BCUT2D eigenvalue weighted by molar-refractivity contribution is 9.10. The maximum atomic E-state index is 12.5. The minimum Gasteiger partial charge on any atom is -0.454 e. The summed E-state index contributed by atoms with van der Waals surface area (Å²) in [5, 5.41) is 12.3. The number of amides is 2. The van der Waals surface area contributed by atoms with Gasteiger partial charge in [0.15, 0.2) is 34.5 Å². The molecule has 0 aromatic heterocycles. The smallest absolute Gasteiger partial charge is 0.410 e. The van der Waals surface area contributed by atoms with Crippen LogP contribution in [0.15, 0.2) is 59.1 Å². The Morgan fingerprint density at radius 3 is 1.39 bits per heavy atom. The zero-order valence-electron chi connectivity index (χ0n) is 36.0. The Kier molecular flexibility index (Phi) is 17.4. The molecule has 15 nitrogen and oxygen atoms in total. The van der Waals surface area contributed by atoms with Gasteiger partial charge < -0.3 is 52.8 Å². The Labute approximate surface area is 372 Å². The maximum absolute atomic E-state index is 12.5. The number of piperidine rings is 2. The molecule has 1 N–H and O–H groups in total. The van der Waals surface area contributed by atoms with Crippen molar-refractivity contribution >= 4 is 34.3 Å². The van der Waals surface area contributed by atoms with Crippen molar-refractivity contribution in [3.05, 3.63) is 70.2 Å². The first-order valence-electron chi connectivity index (χ1n) is 20.5. The summed E-state index contributed by atoms with van der Waals surface area (Å²) in [5.41, 5.74) is -0.823. The summed E-state index contributed by atoms with van der Waals surface area (Å²) in [6, 6.07) is 16.8. The van der Waals surface area contributed by atoms with Gasteiger partial charge in [-0.1, -0.05) is 48.8 Å². The minimum atomic E-state index is -1.32. The Morgan fingerprint density at radius 1 is 0.645 bits per heavy atom. The van der Waals surface area contributed by atoms with Crippen molar-refractivity contribution in [2.24, 2.45) is 11.8 Å². The van der Waals surface area contributed by atoms with E-state index >= 15 is 0 Å². The Balaban J connectivity index is 0.000000239. The third kappa shape index (κ3) is 13.2. The van der Waals surface area contributed by atoms with Crippen LogP contribution in [0.2, 0.25) is 0 Å². The van der Waals surface area contributed by atoms with E-state index in [0.717, 1.165) is 47.8 Å². The van der Waals surface area contributed by atoms with Crippen LogP contribution in [-0.4, -0.2) is 91.0 Å². The van der Waals surface area contributed by atoms with E-state index in [1.54, 1.807) is 4.90 Å². The molecule has 2 fully saturated rings. The molecule has 0 unspecified atom stereocenters. The number of hydrogen-bond acceptors (Lipinski definition) is 13. The van der Waals surface area contributed by atoms with Crippen molar-refractivity contribution in [1.29, 1.82) is 0 Å². The molecule has 0 saturated carbocycles. The fourth-order valence-corrected chi connectivity index (χ4v) is 7.77. The van der Waals surface area contributed by atoms with E-state index in [4.69, 9.17) is 47.5 Å². The lowest BCUT2D eigenvalue weighted by Gasteiger charge is -2.42. The normalized spacial score (nSPS) is 16.5. The average molecular weight is 930 g/mol. The third-order valence-electron chi connectivity index (χ3n) is 10.5. The first-order chi connectivity index (χ1) is 28.9. The highest BCUT2D eigenvalue weighted by atomic mass is 79.9. The van der Waals surface area contributed by atoms with Gasteiger partial charge in [0.1, 0.15) is 16.8 Å². The van der Waals surface area contributed by atoms with Crippen LogP contribution in [0.1, 0.15) is 99.1 Å². The number of nitrogens with zero attached hydrogens (tertiary/aromatic N) is 2.